The van der Waals surface area contributed by atoms with Crippen molar-refractivity contribution in [3.8, 4) is 5.88 Å². The molecule has 1 fully saturated rings. The number of fused-ring (bicyclic) bond motifs is 1. The third-order valence-electron chi connectivity index (χ3n) is 11.9. The second-order valence-corrected chi connectivity index (χ2v) is 23.6. The second-order valence-electron chi connectivity index (χ2n) is 23.6. The number of ether oxygens (including phenoxy) is 7. The average molecular weight is 1030 g/mol. The van der Waals surface area contributed by atoms with Crippen LogP contribution in [0.5, 0.6) is 5.88 Å². The summed E-state index contributed by atoms with van der Waals surface area (Å²) in [5, 5.41) is 17.3. The monoisotopic (exact) mass is 1030 g/mol. The molecule has 2 aromatic carbocycles. The lowest BCUT2D eigenvalue weighted by atomic mass is 9.93. The number of aromatic nitrogens is 2. The fraction of sp³-hybridized carbons (Fsp3) is 0.607. The Hall–Kier alpha value is -6.30. The summed E-state index contributed by atoms with van der Waals surface area (Å²) in [5.74, 6) is -4.73. The SMILES string of the molecule is C=C(C)C(=O)OC[C@H]1O[C@@H](Oc2nn(CCOC(=O)C(C)(C)C)c3cccc(CCc4ccc(CCCCC(=O)NC(C)(C)C(=O)O)cc4)c23)[C@H](OC(=O)C(C)(C)C)[C@@H](OC(=O)C(C)(C)C)[C@@H]1OC(=O)C(C)(C)C. The van der Waals surface area contributed by atoms with Crippen molar-refractivity contribution in [2.75, 3.05) is 13.2 Å². The third kappa shape index (κ3) is 16.9. The van der Waals surface area contributed by atoms with Crippen molar-refractivity contribution in [2.24, 2.45) is 21.7 Å². The van der Waals surface area contributed by atoms with Crippen LogP contribution in [0.4, 0.5) is 0 Å². The maximum atomic E-state index is 14.0. The van der Waals surface area contributed by atoms with Crippen molar-refractivity contribution in [1.82, 2.24) is 15.1 Å². The summed E-state index contributed by atoms with van der Waals surface area (Å²) in [6.45, 7) is 27.6. The molecule has 5 atom stereocenters. The van der Waals surface area contributed by atoms with Crippen LogP contribution < -0.4 is 10.1 Å². The molecule has 74 heavy (non-hydrogen) atoms. The summed E-state index contributed by atoms with van der Waals surface area (Å²) in [7, 11) is 0. The Morgan fingerprint density at radius 1 is 0.676 bits per heavy atom. The molecule has 2 N–H and O–H groups in total. The minimum absolute atomic E-state index is 0.0267. The molecule has 408 valence electrons. The quantitative estimate of drug-likeness (QED) is 0.0443. The molecule has 0 saturated carbocycles. The largest absolute Gasteiger partial charge is 0.480 e. The zero-order valence-electron chi connectivity index (χ0n) is 46.1. The van der Waals surface area contributed by atoms with Crippen molar-refractivity contribution in [3.05, 3.63) is 71.3 Å². The smallest absolute Gasteiger partial charge is 0.333 e. The minimum Gasteiger partial charge on any atom is -0.480 e. The molecule has 0 radical (unpaired) electrons. The summed E-state index contributed by atoms with van der Waals surface area (Å²) in [6, 6.07) is 13.8. The molecule has 4 rings (SSSR count). The van der Waals surface area contributed by atoms with Crippen LogP contribution in [0.2, 0.25) is 0 Å². The predicted molar refractivity (Wildman–Crippen MR) is 274 cm³/mol. The fourth-order valence-electron chi connectivity index (χ4n) is 7.20. The van der Waals surface area contributed by atoms with E-state index in [9.17, 15) is 38.7 Å². The van der Waals surface area contributed by atoms with Gasteiger partial charge in [-0.25, -0.2) is 9.59 Å². The number of hydrogen-bond donors (Lipinski definition) is 2. The zero-order chi connectivity index (χ0) is 55.7. The van der Waals surface area contributed by atoms with Crippen LogP contribution in [0.15, 0.2) is 54.6 Å². The highest BCUT2D eigenvalue weighted by Gasteiger charge is 2.56. The summed E-state index contributed by atoms with van der Waals surface area (Å²) < 4.78 is 44.8. The van der Waals surface area contributed by atoms with Crippen molar-refractivity contribution in [2.45, 2.75) is 185 Å². The van der Waals surface area contributed by atoms with Gasteiger partial charge in [0.25, 0.3) is 0 Å². The van der Waals surface area contributed by atoms with Gasteiger partial charge >= 0.3 is 35.8 Å². The first-order valence-electron chi connectivity index (χ1n) is 25.2. The first kappa shape index (κ1) is 60.3. The maximum Gasteiger partial charge on any atom is 0.333 e. The van der Waals surface area contributed by atoms with E-state index in [2.05, 4.69) is 11.9 Å². The number of rotatable bonds is 21. The molecule has 2 heterocycles. The van der Waals surface area contributed by atoms with Gasteiger partial charge in [0.15, 0.2) is 12.2 Å². The number of esters is 5. The molecule has 0 spiro atoms. The molecule has 1 aromatic heterocycles. The number of hydrogen-bond acceptors (Lipinski definition) is 15. The van der Waals surface area contributed by atoms with E-state index >= 15 is 0 Å². The van der Waals surface area contributed by atoms with E-state index < -0.39 is 100 Å². The molecule has 1 amide bonds. The maximum absolute atomic E-state index is 14.0. The molecule has 0 bridgehead atoms. The Bertz CT molecular complexity index is 2520. The summed E-state index contributed by atoms with van der Waals surface area (Å²) in [4.78, 5) is 91.1. The number of benzene rings is 2. The van der Waals surface area contributed by atoms with Crippen molar-refractivity contribution in [1.29, 1.82) is 0 Å². The Balaban J connectivity index is 1.79. The second kappa shape index (κ2) is 24.4. The lowest BCUT2D eigenvalue weighted by molar-refractivity contribution is -0.293. The summed E-state index contributed by atoms with van der Waals surface area (Å²) in [6.07, 6.45) is -4.33. The average Bonchev–Trinajstić information content (AvgIpc) is 3.63. The van der Waals surface area contributed by atoms with E-state index in [1.54, 1.807) is 87.8 Å². The van der Waals surface area contributed by atoms with Gasteiger partial charge in [-0.1, -0.05) is 43.0 Å². The first-order valence-corrected chi connectivity index (χ1v) is 25.2. The number of carbonyl (C=O) groups is 7. The number of nitrogens with one attached hydrogen (secondary N) is 1. The fourth-order valence-corrected chi connectivity index (χ4v) is 7.20. The Labute approximate surface area is 435 Å². The Morgan fingerprint density at radius 3 is 1.73 bits per heavy atom. The van der Waals surface area contributed by atoms with E-state index in [1.807, 2.05) is 42.5 Å². The highest BCUT2D eigenvalue weighted by molar-refractivity contribution is 5.89. The van der Waals surface area contributed by atoms with Gasteiger partial charge in [-0.2, -0.15) is 0 Å². The molecule has 0 unspecified atom stereocenters. The van der Waals surface area contributed by atoms with Crippen molar-refractivity contribution < 1.29 is 71.8 Å². The third-order valence-corrected chi connectivity index (χ3v) is 11.9. The molecule has 18 nitrogen and oxygen atoms in total. The predicted octanol–water partition coefficient (Wildman–Crippen LogP) is 8.20. The van der Waals surface area contributed by atoms with Gasteiger partial charge in [0.05, 0.1) is 39.1 Å². The molecule has 1 aliphatic rings. The van der Waals surface area contributed by atoms with Crippen LogP contribution in [0, 0.1) is 21.7 Å². The number of amides is 1. The Morgan fingerprint density at radius 2 is 1.20 bits per heavy atom. The van der Waals surface area contributed by atoms with Crippen molar-refractivity contribution in [3.63, 3.8) is 0 Å². The normalized spacial score (nSPS) is 18.4. The number of carbonyl (C=O) groups excluding carboxylic acids is 6. The number of carboxylic acids is 1. The molecule has 3 aromatic rings. The van der Waals surface area contributed by atoms with Crippen LogP contribution >= 0.6 is 0 Å². The summed E-state index contributed by atoms with van der Waals surface area (Å²) in [5.41, 5.74) is -1.77. The molecule has 1 aliphatic heterocycles. The van der Waals surface area contributed by atoms with Crippen LogP contribution in [-0.2, 0) is 87.8 Å². The van der Waals surface area contributed by atoms with Crippen LogP contribution in [-0.4, -0.2) is 106 Å². The van der Waals surface area contributed by atoms with Crippen molar-refractivity contribution >= 4 is 52.6 Å². The van der Waals surface area contributed by atoms with Crippen LogP contribution in [0.3, 0.4) is 0 Å². The number of aliphatic carboxylic acids is 1. The standard InChI is InChI=1S/C56H79N3O15/c1-33(2)45(61)69-32-38-41(71-49(65)53(6,7)8)42(72-50(66)54(9,10)11)43(73-51(67)55(12,13)14)46(70-38)74-44-40-36(21-19-22-37(40)59(58-44)30-31-68-48(64)52(3,4)5)29-28-35-26-24-34(25-27-35)20-17-18-23-39(60)57-56(15,16)47(62)63/h19,21-22,24-27,38,41-43,46H,1,17-18,20,23,28-32H2,2-16H3,(H,57,60)(H,62,63)/t38-,41-,42+,43-,46+/m1/s1. The van der Waals surface area contributed by atoms with Gasteiger partial charge in [0, 0.05) is 12.0 Å². The minimum atomic E-state index is -1.63. The van der Waals surface area contributed by atoms with E-state index in [-0.39, 0.29) is 36.9 Å². The molecule has 18 heteroatoms. The number of nitrogens with zero attached hydrogens (tertiary/aromatic N) is 2. The topological polar surface area (TPSA) is 234 Å². The van der Waals surface area contributed by atoms with Crippen LogP contribution in [0.25, 0.3) is 10.9 Å². The first-order chi connectivity index (χ1) is 34.1. The van der Waals surface area contributed by atoms with E-state index in [4.69, 9.17) is 38.3 Å². The van der Waals surface area contributed by atoms with E-state index in [1.165, 1.54) is 20.8 Å². The van der Waals surface area contributed by atoms with Gasteiger partial charge in [-0.05, 0) is 159 Å². The van der Waals surface area contributed by atoms with Gasteiger partial charge in [0.2, 0.25) is 24.2 Å². The van der Waals surface area contributed by atoms with Gasteiger partial charge < -0.3 is 43.6 Å². The Kier molecular flexibility index (Phi) is 19.8. The highest BCUT2D eigenvalue weighted by Crippen LogP contribution is 2.37. The number of carboxylic acid groups (broad SMARTS) is 1. The van der Waals surface area contributed by atoms with Gasteiger partial charge in [-0.3, -0.25) is 28.7 Å². The molecular formula is C56H79N3O15. The van der Waals surface area contributed by atoms with E-state index in [0.29, 0.717) is 30.2 Å². The molecule has 0 aliphatic carbocycles. The zero-order valence-corrected chi connectivity index (χ0v) is 46.1. The summed E-state index contributed by atoms with van der Waals surface area (Å²) >= 11 is 0. The number of unbranched alkanes of at least 4 members (excludes halogenated alkanes) is 1. The van der Waals surface area contributed by atoms with Crippen LogP contribution in [0.1, 0.15) is 140 Å². The molecule has 1 saturated heterocycles. The molecular weight excluding hydrogens is 955 g/mol. The lowest BCUT2D eigenvalue weighted by Crippen LogP contribution is -2.64. The highest BCUT2D eigenvalue weighted by atomic mass is 16.7. The lowest BCUT2D eigenvalue weighted by Gasteiger charge is -2.45. The van der Waals surface area contributed by atoms with Gasteiger partial charge in [0.1, 0.15) is 24.9 Å². The number of aryl methyl sites for hydroxylation is 3. The van der Waals surface area contributed by atoms with E-state index in [0.717, 1.165) is 29.5 Å². The van der Waals surface area contributed by atoms with Gasteiger partial charge in [-0.15, -0.1) is 5.10 Å².